The summed E-state index contributed by atoms with van der Waals surface area (Å²) >= 11 is 0. The van der Waals surface area contributed by atoms with Crippen molar-refractivity contribution >= 4 is 23.4 Å². The lowest BCUT2D eigenvalue weighted by atomic mass is 9.99. The molecule has 26 heavy (non-hydrogen) atoms. The summed E-state index contributed by atoms with van der Waals surface area (Å²) in [7, 11) is 1.22. The Morgan fingerprint density at radius 3 is 2.46 bits per heavy atom. The van der Waals surface area contributed by atoms with E-state index in [9.17, 15) is 14.7 Å². The van der Waals surface area contributed by atoms with Crippen LogP contribution < -0.4 is 0 Å². The van der Waals surface area contributed by atoms with Crippen LogP contribution in [0.1, 0.15) is 28.4 Å². The molecule has 0 saturated heterocycles. The number of hydrogen-bond donors (Lipinski definition) is 1. The quantitative estimate of drug-likeness (QED) is 0.521. The first kappa shape index (κ1) is 17.2. The normalized spacial score (nSPS) is 15.2. The summed E-state index contributed by atoms with van der Waals surface area (Å²) in [6.45, 7) is 1.37. The standard InChI is InChI=1S/C19H15N3O4/c1-11(23)15(19(25)26-2)16-13-7-3-4-8-14(13)17(21-16)22-18(24)12-6-5-9-20-10-12/h3-10,23H,1-2H3. The Morgan fingerprint density at radius 2 is 1.85 bits per heavy atom. The van der Waals surface area contributed by atoms with Gasteiger partial charge in [0.2, 0.25) is 0 Å². The lowest BCUT2D eigenvalue weighted by Gasteiger charge is -2.07. The van der Waals surface area contributed by atoms with Gasteiger partial charge in [-0.15, -0.1) is 0 Å². The highest BCUT2D eigenvalue weighted by atomic mass is 16.5. The van der Waals surface area contributed by atoms with Gasteiger partial charge in [-0.2, -0.15) is 4.99 Å². The van der Waals surface area contributed by atoms with Gasteiger partial charge in [-0.1, -0.05) is 24.3 Å². The highest BCUT2D eigenvalue weighted by molar-refractivity contribution is 6.36. The number of rotatable bonds is 3. The van der Waals surface area contributed by atoms with Gasteiger partial charge in [-0.3, -0.25) is 9.78 Å². The number of esters is 1. The van der Waals surface area contributed by atoms with Crippen molar-refractivity contribution in [1.29, 1.82) is 0 Å². The number of allylic oxidation sites excluding steroid dienone is 1. The van der Waals surface area contributed by atoms with Gasteiger partial charge >= 0.3 is 5.97 Å². The topological polar surface area (TPSA) is 101 Å². The van der Waals surface area contributed by atoms with E-state index in [4.69, 9.17) is 4.74 Å². The number of nitrogens with zero attached hydrogens (tertiary/aromatic N) is 3. The van der Waals surface area contributed by atoms with E-state index in [1.807, 2.05) is 0 Å². The lowest BCUT2D eigenvalue weighted by molar-refractivity contribution is -0.135. The van der Waals surface area contributed by atoms with Gasteiger partial charge in [0.1, 0.15) is 11.3 Å². The van der Waals surface area contributed by atoms with Gasteiger partial charge in [-0.05, 0) is 19.1 Å². The number of amides is 1. The van der Waals surface area contributed by atoms with Crippen molar-refractivity contribution in [2.45, 2.75) is 6.92 Å². The molecule has 1 aliphatic heterocycles. The third kappa shape index (κ3) is 3.14. The molecule has 7 heteroatoms. The van der Waals surface area contributed by atoms with Crippen LogP contribution in [-0.2, 0) is 9.53 Å². The molecule has 0 unspecified atom stereocenters. The van der Waals surface area contributed by atoms with Gasteiger partial charge in [0.05, 0.1) is 18.4 Å². The zero-order chi connectivity index (χ0) is 18.7. The molecule has 0 saturated carbocycles. The third-order valence-corrected chi connectivity index (χ3v) is 3.74. The first-order valence-electron chi connectivity index (χ1n) is 7.73. The fourth-order valence-electron chi connectivity index (χ4n) is 2.55. The zero-order valence-electron chi connectivity index (χ0n) is 14.1. The Morgan fingerprint density at radius 1 is 1.12 bits per heavy atom. The highest BCUT2D eigenvalue weighted by Gasteiger charge is 2.30. The van der Waals surface area contributed by atoms with E-state index in [0.717, 1.165) is 0 Å². The van der Waals surface area contributed by atoms with Crippen molar-refractivity contribution < 1.29 is 19.4 Å². The highest BCUT2D eigenvalue weighted by Crippen LogP contribution is 2.25. The van der Waals surface area contributed by atoms with E-state index >= 15 is 0 Å². The number of hydrogen-bond acceptors (Lipinski definition) is 5. The van der Waals surface area contributed by atoms with E-state index in [2.05, 4.69) is 15.0 Å². The van der Waals surface area contributed by atoms with E-state index in [1.54, 1.807) is 42.6 Å². The van der Waals surface area contributed by atoms with Gasteiger partial charge in [-0.25, -0.2) is 9.79 Å². The number of carbonyl (C=O) groups excluding carboxylic acids is 2. The number of pyridine rings is 1. The van der Waals surface area contributed by atoms with Crippen LogP contribution >= 0.6 is 0 Å². The Labute approximate surface area is 149 Å². The van der Waals surface area contributed by atoms with Crippen LogP contribution in [0.25, 0.3) is 0 Å². The Kier molecular flexibility index (Phi) is 4.70. The molecule has 130 valence electrons. The number of aliphatic hydroxyl groups excluding tert-OH is 1. The Hall–Kier alpha value is -3.61. The Bertz CT molecular complexity index is 971. The molecule has 1 aromatic carbocycles. The number of methoxy groups -OCH3 is 1. The molecule has 0 bridgehead atoms. The first-order chi connectivity index (χ1) is 12.5. The Balaban J connectivity index is 2.12. The molecule has 0 atom stereocenters. The molecule has 7 nitrogen and oxygen atoms in total. The van der Waals surface area contributed by atoms with Crippen LogP contribution in [0.3, 0.4) is 0 Å². The summed E-state index contributed by atoms with van der Waals surface area (Å²) in [5.74, 6) is -1.30. The number of carbonyl (C=O) groups is 2. The predicted molar refractivity (Wildman–Crippen MR) is 95.4 cm³/mol. The SMILES string of the molecule is COC(=O)C(C1=NC(=NC(=O)c2cccnc2)c2ccccc21)=C(C)O. The summed E-state index contributed by atoms with van der Waals surface area (Å²) < 4.78 is 4.73. The molecule has 1 aromatic heterocycles. The molecule has 0 spiro atoms. The largest absolute Gasteiger partial charge is 0.512 e. The molecule has 3 rings (SSSR count). The van der Waals surface area contributed by atoms with Gasteiger partial charge in [0, 0.05) is 23.5 Å². The van der Waals surface area contributed by atoms with Gasteiger partial charge in [0.25, 0.3) is 5.91 Å². The number of aliphatic imine (C=N–C) groups is 2. The van der Waals surface area contributed by atoms with Gasteiger partial charge < -0.3 is 9.84 Å². The minimum Gasteiger partial charge on any atom is -0.512 e. The molecule has 0 radical (unpaired) electrons. The number of aliphatic hydroxyl groups is 1. The molecule has 1 N–H and O–H groups in total. The maximum absolute atomic E-state index is 12.4. The van der Waals surface area contributed by atoms with Crippen LogP contribution in [-0.4, -0.2) is 40.6 Å². The summed E-state index contributed by atoms with van der Waals surface area (Å²) in [5.41, 5.74) is 1.63. The minimum atomic E-state index is -0.724. The maximum Gasteiger partial charge on any atom is 0.343 e. The molecule has 1 amide bonds. The second kappa shape index (κ2) is 7.10. The third-order valence-electron chi connectivity index (χ3n) is 3.74. The minimum absolute atomic E-state index is 0.0704. The fourth-order valence-corrected chi connectivity index (χ4v) is 2.55. The number of ether oxygens (including phenoxy) is 1. The number of benzene rings is 1. The van der Waals surface area contributed by atoms with Crippen molar-refractivity contribution in [1.82, 2.24) is 4.98 Å². The molecule has 2 heterocycles. The van der Waals surface area contributed by atoms with Gasteiger partial charge in [0.15, 0.2) is 5.84 Å². The number of amidine groups is 1. The molecular formula is C19H15N3O4. The second-order valence-corrected chi connectivity index (χ2v) is 5.44. The molecule has 0 aliphatic carbocycles. The molecular weight excluding hydrogens is 334 g/mol. The molecule has 1 aliphatic rings. The first-order valence-corrected chi connectivity index (χ1v) is 7.73. The summed E-state index contributed by atoms with van der Waals surface area (Å²) in [6, 6.07) is 10.2. The number of aromatic nitrogens is 1. The maximum atomic E-state index is 12.4. The van der Waals surface area contributed by atoms with Crippen LogP contribution in [0.4, 0.5) is 0 Å². The molecule has 0 fully saturated rings. The average molecular weight is 349 g/mol. The fraction of sp³-hybridized carbons (Fsp3) is 0.105. The van der Waals surface area contributed by atoms with Crippen molar-refractivity contribution in [2.24, 2.45) is 9.98 Å². The van der Waals surface area contributed by atoms with Crippen molar-refractivity contribution in [3.05, 3.63) is 76.8 Å². The number of fused-ring (bicyclic) bond motifs is 1. The van der Waals surface area contributed by atoms with Crippen LogP contribution in [0.15, 0.2) is 70.1 Å². The zero-order valence-corrected chi connectivity index (χ0v) is 14.1. The van der Waals surface area contributed by atoms with Crippen LogP contribution in [0.2, 0.25) is 0 Å². The summed E-state index contributed by atoms with van der Waals surface area (Å²) in [6.07, 6.45) is 2.97. The van der Waals surface area contributed by atoms with Crippen molar-refractivity contribution in [2.75, 3.05) is 7.11 Å². The van der Waals surface area contributed by atoms with E-state index < -0.39 is 11.9 Å². The van der Waals surface area contributed by atoms with Crippen molar-refractivity contribution in [3.8, 4) is 0 Å². The van der Waals surface area contributed by atoms with E-state index in [1.165, 1.54) is 20.2 Å². The van der Waals surface area contributed by atoms with E-state index in [-0.39, 0.29) is 22.9 Å². The molecule has 2 aromatic rings. The van der Waals surface area contributed by atoms with Crippen LogP contribution in [0, 0.1) is 0 Å². The predicted octanol–water partition coefficient (Wildman–Crippen LogP) is 2.48. The smallest absolute Gasteiger partial charge is 0.343 e. The monoisotopic (exact) mass is 349 g/mol. The average Bonchev–Trinajstić information content (AvgIpc) is 3.00. The van der Waals surface area contributed by atoms with Crippen molar-refractivity contribution in [3.63, 3.8) is 0 Å². The van der Waals surface area contributed by atoms with E-state index in [0.29, 0.717) is 16.7 Å². The summed E-state index contributed by atoms with van der Waals surface area (Å²) in [4.78, 5) is 36.7. The summed E-state index contributed by atoms with van der Waals surface area (Å²) in [5, 5.41) is 9.93. The lowest BCUT2D eigenvalue weighted by Crippen LogP contribution is -2.16. The second-order valence-electron chi connectivity index (χ2n) is 5.44. The van der Waals surface area contributed by atoms with Crippen LogP contribution in [0.5, 0.6) is 0 Å².